The normalized spacial score (nSPS) is 10.6. The van der Waals surface area contributed by atoms with Crippen molar-refractivity contribution in [2.45, 2.75) is 0 Å². The van der Waals surface area contributed by atoms with Crippen LogP contribution in [0.25, 0.3) is 6.08 Å². The van der Waals surface area contributed by atoms with E-state index in [1.165, 1.54) is 44.6 Å². The highest BCUT2D eigenvalue weighted by molar-refractivity contribution is 6.32. The maximum Gasteiger partial charge on any atom is 0.269 e. The van der Waals surface area contributed by atoms with Gasteiger partial charge in [0.15, 0.2) is 17.3 Å². The lowest BCUT2D eigenvalue weighted by Crippen LogP contribution is -1.95. The van der Waals surface area contributed by atoms with E-state index in [0.29, 0.717) is 27.6 Å². The second kappa shape index (κ2) is 7.61. The molecule has 0 amide bonds. The molecule has 0 aromatic heterocycles. The summed E-state index contributed by atoms with van der Waals surface area (Å²) in [6.07, 6.45) is 2.94. The molecular weight excluding hydrogens is 334 g/mol. The summed E-state index contributed by atoms with van der Waals surface area (Å²) in [4.78, 5) is 22.2. The third kappa shape index (κ3) is 3.91. The summed E-state index contributed by atoms with van der Waals surface area (Å²) in [5.41, 5.74) is 0.943. The number of hydrogen-bond donors (Lipinski definition) is 0. The Balaban J connectivity index is 2.22. The molecule has 0 atom stereocenters. The number of ketones is 1. The zero-order chi connectivity index (χ0) is 17.7. The Kier molecular flexibility index (Phi) is 5.55. The Bertz CT molecular complexity index is 799. The van der Waals surface area contributed by atoms with E-state index in [1.807, 2.05) is 0 Å². The molecule has 2 aromatic carbocycles. The molecule has 124 valence electrons. The van der Waals surface area contributed by atoms with Gasteiger partial charge in [-0.2, -0.15) is 0 Å². The van der Waals surface area contributed by atoms with Crippen LogP contribution in [0.1, 0.15) is 15.9 Å². The van der Waals surface area contributed by atoms with E-state index < -0.39 is 4.92 Å². The van der Waals surface area contributed by atoms with Gasteiger partial charge in [-0.1, -0.05) is 17.7 Å². The molecule has 0 N–H and O–H groups in total. The first-order valence-corrected chi connectivity index (χ1v) is 7.22. The summed E-state index contributed by atoms with van der Waals surface area (Å²) in [6.45, 7) is 0. The van der Waals surface area contributed by atoms with Crippen molar-refractivity contribution in [3.8, 4) is 11.5 Å². The predicted octanol–water partition coefficient (Wildman–Crippen LogP) is 4.16. The Labute approximate surface area is 143 Å². The second-order valence-electron chi connectivity index (χ2n) is 4.74. The van der Waals surface area contributed by atoms with Crippen molar-refractivity contribution in [2.24, 2.45) is 0 Å². The third-order valence-electron chi connectivity index (χ3n) is 3.25. The average Bonchev–Trinajstić information content (AvgIpc) is 2.59. The average molecular weight is 348 g/mol. The first kappa shape index (κ1) is 17.5. The largest absolute Gasteiger partial charge is 0.493 e. The van der Waals surface area contributed by atoms with E-state index in [2.05, 4.69) is 0 Å². The summed E-state index contributed by atoms with van der Waals surface area (Å²) in [6, 6.07) is 8.72. The lowest BCUT2D eigenvalue weighted by atomic mass is 10.1. The molecule has 7 heteroatoms. The first-order chi connectivity index (χ1) is 11.5. The first-order valence-electron chi connectivity index (χ1n) is 6.84. The van der Waals surface area contributed by atoms with Gasteiger partial charge in [0.05, 0.1) is 24.2 Å². The monoisotopic (exact) mass is 347 g/mol. The number of rotatable bonds is 6. The van der Waals surface area contributed by atoms with E-state index >= 15 is 0 Å². The molecule has 2 aromatic rings. The third-order valence-corrected chi connectivity index (χ3v) is 3.53. The Morgan fingerprint density at radius 1 is 1.17 bits per heavy atom. The number of hydrogen-bond acceptors (Lipinski definition) is 5. The van der Waals surface area contributed by atoms with E-state index in [0.717, 1.165) is 0 Å². The van der Waals surface area contributed by atoms with Crippen LogP contribution in [-0.4, -0.2) is 24.9 Å². The molecule has 0 radical (unpaired) electrons. The van der Waals surface area contributed by atoms with Gasteiger partial charge in [0, 0.05) is 17.7 Å². The molecule has 2 rings (SSSR count). The quantitative estimate of drug-likeness (QED) is 0.339. The maximum atomic E-state index is 12.1. The smallest absolute Gasteiger partial charge is 0.269 e. The minimum absolute atomic E-state index is 0.0674. The number of methoxy groups -OCH3 is 2. The van der Waals surface area contributed by atoms with Crippen molar-refractivity contribution >= 4 is 29.1 Å². The fourth-order valence-electron chi connectivity index (χ4n) is 2.05. The fraction of sp³-hybridized carbons (Fsp3) is 0.118. The number of carbonyl (C=O) groups is 1. The number of ether oxygens (including phenoxy) is 2. The predicted molar refractivity (Wildman–Crippen MR) is 91.0 cm³/mol. The number of non-ortho nitro benzene ring substituents is 1. The van der Waals surface area contributed by atoms with Crippen LogP contribution in [0.5, 0.6) is 11.5 Å². The second-order valence-corrected chi connectivity index (χ2v) is 5.15. The summed E-state index contributed by atoms with van der Waals surface area (Å²) in [5.74, 6) is 0.584. The highest BCUT2D eigenvalue weighted by Crippen LogP contribution is 2.36. The minimum Gasteiger partial charge on any atom is -0.493 e. The highest BCUT2D eigenvalue weighted by Gasteiger charge is 2.10. The summed E-state index contributed by atoms with van der Waals surface area (Å²) in [7, 11) is 2.97. The molecule has 0 aliphatic heterocycles. The number of halogens is 1. The van der Waals surface area contributed by atoms with Crippen LogP contribution >= 0.6 is 11.6 Å². The molecule has 0 unspecified atom stereocenters. The SMILES string of the molecule is COc1cc(/C=C/C(=O)c2ccc([N+](=O)[O-])cc2)cc(Cl)c1OC. The number of nitro benzene ring substituents is 1. The van der Waals surface area contributed by atoms with Crippen molar-refractivity contribution in [1.29, 1.82) is 0 Å². The van der Waals surface area contributed by atoms with Gasteiger partial charge in [0.1, 0.15) is 0 Å². The van der Waals surface area contributed by atoms with E-state index in [4.69, 9.17) is 21.1 Å². The van der Waals surface area contributed by atoms with Crippen molar-refractivity contribution in [1.82, 2.24) is 0 Å². The van der Waals surface area contributed by atoms with Crippen LogP contribution in [-0.2, 0) is 0 Å². The molecule has 24 heavy (non-hydrogen) atoms. The van der Waals surface area contributed by atoms with Crippen LogP contribution in [0.2, 0.25) is 5.02 Å². The Hall–Kier alpha value is -2.86. The fourth-order valence-corrected chi connectivity index (χ4v) is 2.35. The van der Waals surface area contributed by atoms with Crippen molar-refractivity contribution in [2.75, 3.05) is 14.2 Å². The summed E-state index contributed by atoms with van der Waals surface area (Å²) >= 11 is 6.11. The number of nitro groups is 1. The van der Waals surface area contributed by atoms with Crippen LogP contribution in [0.15, 0.2) is 42.5 Å². The molecular formula is C17H14ClNO5. The topological polar surface area (TPSA) is 78.7 Å². The molecule has 6 nitrogen and oxygen atoms in total. The molecule has 0 aliphatic rings. The number of benzene rings is 2. The lowest BCUT2D eigenvalue weighted by molar-refractivity contribution is -0.384. The van der Waals surface area contributed by atoms with Gasteiger partial charge in [0.2, 0.25) is 0 Å². The molecule has 0 aliphatic carbocycles. The van der Waals surface area contributed by atoms with Gasteiger partial charge in [-0.05, 0) is 35.9 Å². The van der Waals surface area contributed by atoms with Crippen LogP contribution in [0, 0.1) is 10.1 Å². The van der Waals surface area contributed by atoms with Crippen molar-refractivity contribution in [3.63, 3.8) is 0 Å². The zero-order valence-corrected chi connectivity index (χ0v) is 13.7. The van der Waals surface area contributed by atoms with Crippen LogP contribution in [0.3, 0.4) is 0 Å². The van der Waals surface area contributed by atoms with Crippen molar-refractivity contribution in [3.05, 3.63) is 68.7 Å². The van der Waals surface area contributed by atoms with Gasteiger partial charge in [-0.15, -0.1) is 0 Å². The van der Waals surface area contributed by atoms with Crippen LogP contribution in [0.4, 0.5) is 5.69 Å². The Morgan fingerprint density at radius 3 is 2.38 bits per heavy atom. The molecule has 0 spiro atoms. The lowest BCUT2D eigenvalue weighted by Gasteiger charge is -2.10. The number of allylic oxidation sites excluding steroid dienone is 1. The van der Waals surface area contributed by atoms with Gasteiger partial charge in [0.25, 0.3) is 5.69 Å². The van der Waals surface area contributed by atoms with Crippen LogP contribution < -0.4 is 9.47 Å². The Morgan fingerprint density at radius 2 is 1.83 bits per heavy atom. The zero-order valence-electron chi connectivity index (χ0n) is 13.0. The van der Waals surface area contributed by atoms with Gasteiger partial charge >= 0.3 is 0 Å². The number of nitrogens with zero attached hydrogens (tertiary/aromatic N) is 1. The number of carbonyl (C=O) groups excluding carboxylic acids is 1. The molecule has 0 heterocycles. The molecule has 0 fully saturated rings. The van der Waals surface area contributed by atoms with Gasteiger partial charge in [-0.25, -0.2) is 0 Å². The van der Waals surface area contributed by atoms with E-state index in [-0.39, 0.29) is 11.5 Å². The highest BCUT2D eigenvalue weighted by atomic mass is 35.5. The van der Waals surface area contributed by atoms with E-state index in [9.17, 15) is 14.9 Å². The van der Waals surface area contributed by atoms with Crippen molar-refractivity contribution < 1.29 is 19.2 Å². The molecule has 0 saturated heterocycles. The molecule has 0 saturated carbocycles. The minimum atomic E-state index is -0.518. The standard InChI is InChI=1S/C17H14ClNO5/c1-23-16-10-11(9-14(18)17(16)24-2)3-8-15(20)12-4-6-13(7-5-12)19(21)22/h3-10H,1-2H3/b8-3+. The summed E-state index contributed by atoms with van der Waals surface area (Å²) < 4.78 is 10.3. The summed E-state index contributed by atoms with van der Waals surface area (Å²) in [5, 5.41) is 11.0. The van der Waals surface area contributed by atoms with Gasteiger partial charge in [-0.3, -0.25) is 14.9 Å². The van der Waals surface area contributed by atoms with E-state index in [1.54, 1.807) is 18.2 Å². The molecule has 0 bridgehead atoms. The maximum absolute atomic E-state index is 12.1. The van der Waals surface area contributed by atoms with Gasteiger partial charge < -0.3 is 9.47 Å².